The van der Waals surface area contributed by atoms with E-state index in [0.29, 0.717) is 13.0 Å². The Hall–Kier alpha value is -2.04. The van der Waals surface area contributed by atoms with Gasteiger partial charge in [0.05, 0.1) is 6.61 Å². The number of benzene rings is 1. The zero-order valence-electron chi connectivity index (χ0n) is 10.3. The average Bonchev–Trinajstić information content (AvgIpc) is 2.31. The van der Waals surface area contributed by atoms with Crippen LogP contribution in [0.3, 0.4) is 0 Å². The second kappa shape index (κ2) is 7.32. The van der Waals surface area contributed by atoms with Gasteiger partial charge in [-0.1, -0.05) is 18.2 Å². The van der Waals surface area contributed by atoms with Gasteiger partial charge < -0.3 is 15.2 Å². The Kier molecular flexibility index (Phi) is 5.70. The zero-order valence-corrected chi connectivity index (χ0v) is 10.3. The molecule has 0 bridgehead atoms. The van der Waals surface area contributed by atoms with Gasteiger partial charge in [0.2, 0.25) is 5.91 Å². The molecule has 0 spiro atoms. The minimum Gasteiger partial charge on any atom is -0.508 e. The summed E-state index contributed by atoms with van der Waals surface area (Å²) in [5.74, 6) is -0.696. The molecule has 5 nitrogen and oxygen atoms in total. The first-order valence-corrected chi connectivity index (χ1v) is 5.82. The quantitative estimate of drug-likeness (QED) is 0.584. The van der Waals surface area contributed by atoms with Crippen LogP contribution in [0, 0.1) is 0 Å². The molecule has 0 aromatic heterocycles. The van der Waals surface area contributed by atoms with Crippen molar-refractivity contribution in [2.24, 2.45) is 0 Å². The first-order chi connectivity index (χ1) is 8.63. The third kappa shape index (κ3) is 4.86. The average molecular weight is 251 g/mol. The second-order valence-electron chi connectivity index (χ2n) is 3.71. The summed E-state index contributed by atoms with van der Waals surface area (Å²) < 4.78 is 4.66. The summed E-state index contributed by atoms with van der Waals surface area (Å²) in [4.78, 5) is 22.3. The molecule has 0 saturated carbocycles. The van der Waals surface area contributed by atoms with E-state index in [0.717, 1.165) is 5.56 Å². The van der Waals surface area contributed by atoms with E-state index in [2.05, 4.69) is 10.1 Å². The minimum atomic E-state index is -0.530. The van der Waals surface area contributed by atoms with Gasteiger partial charge in [-0.2, -0.15) is 0 Å². The van der Waals surface area contributed by atoms with Gasteiger partial charge in [-0.25, -0.2) is 0 Å². The Labute approximate surface area is 106 Å². The third-order valence-electron chi connectivity index (χ3n) is 2.32. The van der Waals surface area contributed by atoms with Crippen LogP contribution in [0.5, 0.6) is 5.75 Å². The van der Waals surface area contributed by atoms with Crippen molar-refractivity contribution in [3.8, 4) is 5.75 Å². The van der Waals surface area contributed by atoms with E-state index in [1.54, 1.807) is 25.1 Å². The maximum atomic E-state index is 11.3. The summed E-state index contributed by atoms with van der Waals surface area (Å²) in [6, 6.07) is 6.93. The Bertz CT molecular complexity index is 417. The summed E-state index contributed by atoms with van der Waals surface area (Å²) in [5.41, 5.74) is 0.758. The van der Waals surface area contributed by atoms with E-state index in [-0.39, 0.29) is 24.7 Å². The minimum absolute atomic E-state index is 0.206. The molecular formula is C13H17NO4. The first kappa shape index (κ1) is 14.0. The van der Waals surface area contributed by atoms with Crippen LogP contribution in [0.1, 0.15) is 18.9 Å². The van der Waals surface area contributed by atoms with Crippen molar-refractivity contribution in [1.29, 1.82) is 0 Å². The van der Waals surface area contributed by atoms with Crippen molar-refractivity contribution in [3.63, 3.8) is 0 Å². The number of amides is 1. The number of para-hydroxylation sites is 1. The Balaban J connectivity index is 2.28. The highest BCUT2D eigenvalue weighted by atomic mass is 16.5. The Morgan fingerprint density at radius 3 is 2.72 bits per heavy atom. The van der Waals surface area contributed by atoms with Crippen LogP contribution >= 0.6 is 0 Å². The third-order valence-corrected chi connectivity index (χ3v) is 2.32. The standard InChI is InChI=1S/C13H17NO4/c1-2-18-13(17)9-12(16)14-8-7-10-5-3-4-6-11(10)15/h3-6,15H,2,7-9H2,1H3,(H,14,16). The predicted octanol–water partition coefficient (Wildman–Crippen LogP) is 1.00. The molecule has 0 aliphatic carbocycles. The van der Waals surface area contributed by atoms with Crippen molar-refractivity contribution in [1.82, 2.24) is 5.32 Å². The van der Waals surface area contributed by atoms with Gasteiger partial charge >= 0.3 is 5.97 Å². The number of esters is 1. The number of nitrogens with one attached hydrogen (secondary N) is 1. The Morgan fingerprint density at radius 2 is 2.06 bits per heavy atom. The first-order valence-electron chi connectivity index (χ1n) is 5.82. The topological polar surface area (TPSA) is 75.6 Å². The van der Waals surface area contributed by atoms with E-state index in [1.807, 2.05) is 6.07 Å². The monoisotopic (exact) mass is 251 g/mol. The van der Waals surface area contributed by atoms with Crippen molar-refractivity contribution in [3.05, 3.63) is 29.8 Å². The molecule has 98 valence electrons. The number of rotatable bonds is 6. The molecular weight excluding hydrogens is 234 g/mol. The number of ether oxygens (including phenoxy) is 1. The maximum Gasteiger partial charge on any atom is 0.315 e. The summed E-state index contributed by atoms with van der Waals surface area (Å²) in [5, 5.41) is 12.1. The normalized spacial score (nSPS) is 9.83. The van der Waals surface area contributed by atoms with Crippen LogP contribution < -0.4 is 5.32 Å². The highest BCUT2D eigenvalue weighted by Gasteiger charge is 2.09. The number of aromatic hydroxyl groups is 1. The molecule has 0 radical (unpaired) electrons. The lowest BCUT2D eigenvalue weighted by molar-refractivity contribution is -0.145. The molecule has 0 heterocycles. The summed E-state index contributed by atoms with van der Waals surface area (Å²) in [7, 11) is 0. The fourth-order valence-corrected chi connectivity index (χ4v) is 1.46. The fourth-order valence-electron chi connectivity index (χ4n) is 1.46. The van der Waals surface area contributed by atoms with E-state index >= 15 is 0 Å². The van der Waals surface area contributed by atoms with Crippen molar-refractivity contribution >= 4 is 11.9 Å². The number of phenolic OH excluding ortho intramolecular Hbond substituents is 1. The predicted molar refractivity (Wildman–Crippen MR) is 66.1 cm³/mol. The molecule has 2 N–H and O–H groups in total. The summed E-state index contributed by atoms with van der Waals surface area (Å²) in [6.07, 6.45) is 0.246. The highest BCUT2D eigenvalue weighted by Crippen LogP contribution is 2.15. The van der Waals surface area contributed by atoms with E-state index < -0.39 is 5.97 Å². The number of hydrogen-bond donors (Lipinski definition) is 2. The number of phenols is 1. The Morgan fingerprint density at radius 1 is 1.33 bits per heavy atom. The van der Waals surface area contributed by atoms with Crippen LogP contribution in [-0.2, 0) is 20.7 Å². The van der Waals surface area contributed by atoms with E-state index in [4.69, 9.17) is 0 Å². The van der Waals surface area contributed by atoms with Gasteiger partial charge in [-0.05, 0) is 25.0 Å². The molecule has 0 aliphatic rings. The second-order valence-corrected chi connectivity index (χ2v) is 3.71. The molecule has 0 fully saturated rings. The van der Waals surface area contributed by atoms with Gasteiger partial charge in [-0.15, -0.1) is 0 Å². The maximum absolute atomic E-state index is 11.3. The van der Waals surface area contributed by atoms with Crippen molar-refractivity contribution < 1.29 is 19.4 Å². The van der Waals surface area contributed by atoms with Crippen LogP contribution in [0.25, 0.3) is 0 Å². The molecule has 5 heteroatoms. The fraction of sp³-hybridized carbons (Fsp3) is 0.385. The largest absolute Gasteiger partial charge is 0.508 e. The van der Waals surface area contributed by atoms with E-state index in [9.17, 15) is 14.7 Å². The van der Waals surface area contributed by atoms with Gasteiger partial charge in [0.1, 0.15) is 12.2 Å². The van der Waals surface area contributed by atoms with Crippen molar-refractivity contribution in [2.45, 2.75) is 19.8 Å². The summed E-state index contributed by atoms with van der Waals surface area (Å²) in [6.45, 7) is 2.33. The molecule has 1 rings (SSSR count). The van der Waals surface area contributed by atoms with E-state index in [1.165, 1.54) is 0 Å². The van der Waals surface area contributed by atoms with Gasteiger partial charge in [0.25, 0.3) is 0 Å². The molecule has 1 amide bonds. The molecule has 0 atom stereocenters. The SMILES string of the molecule is CCOC(=O)CC(=O)NCCc1ccccc1O. The molecule has 1 aromatic carbocycles. The van der Waals surface area contributed by atoms with Gasteiger partial charge in [0.15, 0.2) is 0 Å². The van der Waals surface area contributed by atoms with Crippen molar-refractivity contribution in [2.75, 3.05) is 13.2 Å². The van der Waals surface area contributed by atoms with Gasteiger partial charge in [-0.3, -0.25) is 9.59 Å². The zero-order chi connectivity index (χ0) is 13.4. The lowest BCUT2D eigenvalue weighted by Gasteiger charge is -2.06. The summed E-state index contributed by atoms with van der Waals surface area (Å²) >= 11 is 0. The van der Waals surface area contributed by atoms with Crippen LogP contribution in [0.2, 0.25) is 0 Å². The van der Waals surface area contributed by atoms with Crippen LogP contribution in [0.4, 0.5) is 0 Å². The van der Waals surface area contributed by atoms with Crippen LogP contribution in [-0.4, -0.2) is 30.1 Å². The lowest BCUT2D eigenvalue weighted by Crippen LogP contribution is -2.28. The molecule has 0 unspecified atom stereocenters. The molecule has 18 heavy (non-hydrogen) atoms. The number of hydrogen-bond acceptors (Lipinski definition) is 4. The van der Waals surface area contributed by atoms with Gasteiger partial charge in [0, 0.05) is 6.54 Å². The lowest BCUT2D eigenvalue weighted by atomic mass is 10.1. The number of carbonyl (C=O) groups excluding carboxylic acids is 2. The number of carbonyl (C=O) groups is 2. The molecule has 1 aromatic rings. The molecule has 0 aliphatic heterocycles. The highest BCUT2D eigenvalue weighted by molar-refractivity contribution is 5.94. The smallest absolute Gasteiger partial charge is 0.315 e. The molecule has 0 saturated heterocycles. The van der Waals surface area contributed by atoms with Crippen LogP contribution in [0.15, 0.2) is 24.3 Å².